The van der Waals surface area contributed by atoms with Crippen LogP contribution in [-0.4, -0.2) is 61.2 Å². The molecule has 0 amide bonds. The van der Waals surface area contributed by atoms with E-state index in [1.165, 1.54) is 19.5 Å². The molecular weight excluding hydrogens is 222 g/mol. The van der Waals surface area contributed by atoms with E-state index in [0.29, 0.717) is 18.1 Å². The van der Waals surface area contributed by atoms with E-state index >= 15 is 0 Å². The van der Waals surface area contributed by atoms with Crippen LogP contribution in [0.15, 0.2) is 0 Å². The molecule has 1 aliphatic rings. The van der Waals surface area contributed by atoms with Crippen molar-refractivity contribution in [3.05, 3.63) is 0 Å². The molecule has 1 fully saturated rings. The second kappa shape index (κ2) is 7.46. The average Bonchev–Trinajstić information content (AvgIpc) is 2.30. The highest BCUT2D eigenvalue weighted by Gasteiger charge is 2.28. The van der Waals surface area contributed by atoms with Gasteiger partial charge in [-0.25, -0.2) is 0 Å². The summed E-state index contributed by atoms with van der Waals surface area (Å²) in [4.78, 5) is 5.13. The molecule has 0 aromatic rings. The van der Waals surface area contributed by atoms with Crippen molar-refractivity contribution >= 4 is 0 Å². The summed E-state index contributed by atoms with van der Waals surface area (Å²) < 4.78 is 0. The van der Waals surface area contributed by atoms with E-state index in [9.17, 15) is 0 Å². The van der Waals surface area contributed by atoms with Crippen LogP contribution in [0.1, 0.15) is 41.0 Å². The first-order valence-electron chi connectivity index (χ1n) is 7.58. The first-order chi connectivity index (χ1) is 8.41. The Morgan fingerprint density at radius 2 is 1.67 bits per heavy atom. The fraction of sp³-hybridized carbons (Fsp3) is 1.00. The maximum absolute atomic E-state index is 3.60. The van der Waals surface area contributed by atoms with Crippen molar-refractivity contribution in [1.82, 2.24) is 15.1 Å². The number of piperazine rings is 1. The van der Waals surface area contributed by atoms with Gasteiger partial charge in [0.1, 0.15) is 0 Å². The molecule has 0 aromatic carbocycles. The van der Waals surface area contributed by atoms with E-state index in [0.717, 1.165) is 19.0 Å². The third-order valence-corrected chi connectivity index (χ3v) is 4.35. The van der Waals surface area contributed by atoms with Crippen LogP contribution in [0.5, 0.6) is 0 Å². The van der Waals surface area contributed by atoms with Crippen LogP contribution in [0.2, 0.25) is 0 Å². The van der Waals surface area contributed by atoms with Gasteiger partial charge in [0.2, 0.25) is 0 Å². The fourth-order valence-electron chi connectivity index (χ4n) is 2.64. The molecule has 1 N–H and O–H groups in total. The Kier molecular flexibility index (Phi) is 6.61. The molecule has 18 heavy (non-hydrogen) atoms. The Balaban J connectivity index is 2.27. The Morgan fingerprint density at radius 3 is 2.17 bits per heavy atom. The second-order valence-corrected chi connectivity index (χ2v) is 6.55. The van der Waals surface area contributed by atoms with Gasteiger partial charge in [-0.1, -0.05) is 13.8 Å². The summed E-state index contributed by atoms with van der Waals surface area (Å²) in [6.45, 7) is 16.3. The van der Waals surface area contributed by atoms with Crippen molar-refractivity contribution in [3.8, 4) is 0 Å². The van der Waals surface area contributed by atoms with Crippen LogP contribution in [0, 0.1) is 5.92 Å². The van der Waals surface area contributed by atoms with Gasteiger partial charge < -0.3 is 5.32 Å². The number of nitrogens with one attached hydrogen (secondary N) is 1. The molecule has 1 heterocycles. The summed E-state index contributed by atoms with van der Waals surface area (Å²) in [5.74, 6) is 0.802. The van der Waals surface area contributed by atoms with Crippen molar-refractivity contribution in [3.63, 3.8) is 0 Å². The summed E-state index contributed by atoms with van der Waals surface area (Å²) in [7, 11) is 2.25. The zero-order valence-corrected chi connectivity index (χ0v) is 13.2. The highest BCUT2D eigenvalue weighted by molar-refractivity contribution is 4.85. The average molecular weight is 255 g/mol. The molecular formula is C15H33N3. The molecule has 1 aliphatic heterocycles. The van der Waals surface area contributed by atoms with Gasteiger partial charge in [-0.05, 0) is 46.7 Å². The van der Waals surface area contributed by atoms with Crippen LogP contribution in [-0.2, 0) is 0 Å². The molecule has 3 nitrogen and oxygen atoms in total. The summed E-state index contributed by atoms with van der Waals surface area (Å²) in [6, 6.07) is 1.99. The number of likely N-dealkylation sites (N-methyl/N-ethyl adjacent to an activating group) is 1. The zero-order chi connectivity index (χ0) is 13.7. The van der Waals surface area contributed by atoms with Crippen molar-refractivity contribution in [2.45, 2.75) is 59.2 Å². The maximum Gasteiger partial charge on any atom is 0.0195 e. The fourth-order valence-corrected chi connectivity index (χ4v) is 2.64. The molecule has 0 aliphatic carbocycles. The van der Waals surface area contributed by atoms with Crippen LogP contribution < -0.4 is 5.32 Å². The Bertz CT molecular complexity index is 218. The first kappa shape index (κ1) is 15.9. The van der Waals surface area contributed by atoms with Crippen molar-refractivity contribution < 1.29 is 0 Å². The van der Waals surface area contributed by atoms with Crippen LogP contribution in [0.4, 0.5) is 0 Å². The van der Waals surface area contributed by atoms with Gasteiger partial charge in [-0.2, -0.15) is 0 Å². The largest absolute Gasteiger partial charge is 0.315 e. The van der Waals surface area contributed by atoms with E-state index in [2.05, 4.69) is 56.8 Å². The summed E-state index contributed by atoms with van der Waals surface area (Å²) in [5, 5.41) is 3.60. The van der Waals surface area contributed by atoms with Gasteiger partial charge in [0, 0.05) is 37.8 Å². The van der Waals surface area contributed by atoms with Crippen LogP contribution in [0.3, 0.4) is 0 Å². The molecule has 3 heteroatoms. The van der Waals surface area contributed by atoms with E-state index in [1.54, 1.807) is 0 Å². The standard InChI is InChI=1S/C15H33N3/c1-12(2)7-8-16-9-13(3)18-10-14(4)17(6)15(5)11-18/h12-16H,7-11H2,1-6H3. The second-order valence-electron chi connectivity index (χ2n) is 6.55. The number of nitrogens with zero attached hydrogens (tertiary/aromatic N) is 2. The van der Waals surface area contributed by atoms with Crippen LogP contribution >= 0.6 is 0 Å². The van der Waals surface area contributed by atoms with Gasteiger partial charge in [0.15, 0.2) is 0 Å². The molecule has 0 saturated carbocycles. The smallest absolute Gasteiger partial charge is 0.0195 e. The summed E-state index contributed by atoms with van der Waals surface area (Å²) in [5.41, 5.74) is 0. The minimum Gasteiger partial charge on any atom is -0.315 e. The molecule has 1 saturated heterocycles. The van der Waals surface area contributed by atoms with Gasteiger partial charge >= 0.3 is 0 Å². The highest BCUT2D eigenvalue weighted by atomic mass is 15.3. The van der Waals surface area contributed by atoms with Gasteiger partial charge in [-0.3, -0.25) is 9.80 Å². The predicted octanol–water partition coefficient (Wildman–Crippen LogP) is 2.03. The number of hydrogen-bond donors (Lipinski definition) is 1. The highest BCUT2D eigenvalue weighted by Crippen LogP contribution is 2.15. The number of hydrogen-bond acceptors (Lipinski definition) is 3. The van der Waals surface area contributed by atoms with E-state index in [-0.39, 0.29) is 0 Å². The van der Waals surface area contributed by atoms with Gasteiger partial charge in [0.25, 0.3) is 0 Å². The Hall–Kier alpha value is -0.120. The zero-order valence-electron chi connectivity index (χ0n) is 13.2. The molecule has 0 radical (unpaired) electrons. The van der Waals surface area contributed by atoms with Crippen molar-refractivity contribution in [2.75, 3.05) is 33.2 Å². The van der Waals surface area contributed by atoms with E-state index in [4.69, 9.17) is 0 Å². The molecule has 0 aromatic heterocycles. The van der Waals surface area contributed by atoms with Crippen LogP contribution in [0.25, 0.3) is 0 Å². The normalized spacial score (nSPS) is 28.8. The lowest BCUT2D eigenvalue weighted by Crippen LogP contribution is -2.58. The van der Waals surface area contributed by atoms with E-state index in [1.807, 2.05) is 0 Å². The SMILES string of the molecule is CC(C)CCNCC(C)N1CC(C)N(C)C(C)C1. The Morgan fingerprint density at radius 1 is 1.11 bits per heavy atom. The topological polar surface area (TPSA) is 18.5 Å². The lowest BCUT2D eigenvalue weighted by molar-refractivity contribution is 0.0381. The number of rotatable bonds is 6. The van der Waals surface area contributed by atoms with Gasteiger partial charge in [-0.15, -0.1) is 0 Å². The molecule has 0 bridgehead atoms. The third-order valence-electron chi connectivity index (χ3n) is 4.35. The third kappa shape index (κ3) is 4.87. The molecule has 3 unspecified atom stereocenters. The summed E-state index contributed by atoms with van der Waals surface area (Å²) in [6.07, 6.45) is 1.28. The lowest BCUT2D eigenvalue weighted by atomic mass is 10.1. The first-order valence-corrected chi connectivity index (χ1v) is 7.58. The summed E-state index contributed by atoms with van der Waals surface area (Å²) >= 11 is 0. The molecule has 108 valence electrons. The van der Waals surface area contributed by atoms with Crippen molar-refractivity contribution in [2.24, 2.45) is 5.92 Å². The maximum atomic E-state index is 3.60. The Labute approximate surface area is 114 Å². The minimum absolute atomic E-state index is 0.649. The molecule has 0 spiro atoms. The quantitative estimate of drug-likeness (QED) is 0.733. The predicted molar refractivity (Wildman–Crippen MR) is 80.0 cm³/mol. The molecule has 3 atom stereocenters. The monoisotopic (exact) mass is 255 g/mol. The molecule has 1 rings (SSSR count). The minimum atomic E-state index is 0.649. The van der Waals surface area contributed by atoms with Gasteiger partial charge in [0.05, 0.1) is 0 Å². The van der Waals surface area contributed by atoms with E-state index < -0.39 is 0 Å². The lowest BCUT2D eigenvalue weighted by Gasteiger charge is -2.45. The van der Waals surface area contributed by atoms with Crippen molar-refractivity contribution in [1.29, 1.82) is 0 Å².